The van der Waals surface area contributed by atoms with E-state index in [0.717, 1.165) is 25.4 Å². The first kappa shape index (κ1) is 22.4. The summed E-state index contributed by atoms with van der Waals surface area (Å²) in [6, 6.07) is 6.60. The molecule has 0 aliphatic rings. The number of halogens is 3. The number of nitrogens with zero attached hydrogens (tertiary/aromatic N) is 2. The monoisotopic (exact) mass is 413 g/mol. The number of methoxy groups -OCH3 is 1. The Hall–Kier alpha value is -2.88. The molecule has 2 aromatic rings. The number of benzene rings is 1. The highest BCUT2D eigenvalue weighted by atomic mass is 19.4. The summed E-state index contributed by atoms with van der Waals surface area (Å²) < 4.78 is 52.6. The van der Waals surface area contributed by atoms with Crippen LogP contribution in [0.25, 0.3) is 0 Å². The molecule has 1 aromatic heterocycles. The molecule has 0 fully saturated rings. The number of ether oxygens (including phenoxy) is 2. The molecule has 1 atom stereocenters. The number of carbonyl (C=O) groups is 2. The lowest BCUT2D eigenvalue weighted by molar-refractivity contribution is -0.263. The minimum absolute atomic E-state index is 0.0107. The van der Waals surface area contributed by atoms with Crippen molar-refractivity contribution in [1.29, 1.82) is 0 Å². The van der Waals surface area contributed by atoms with E-state index >= 15 is 0 Å². The van der Waals surface area contributed by atoms with Crippen LogP contribution in [-0.2, 0) is 31.4 Å². The molecule has 2 rings (SSSR count). The summed E-state index contributed by atoms with van der Waals surface area (Å²) in [6.45, 7) is 4.78. The van der Waals surface area contributed by atoms with Gasteiger partial charge in [-0.3, -0.25) is 9.59 Å². The minimum Gasteiger partial charge on any atom is -0.442 e. The van der Waals surface area contributed by atoms with E-state index < -0.39 is 29.1 Å². The minimum atomic E-state index is -5.02. The van der Waals surface area contributed by atoms with Gasteiger partial charge in [-0.15, -0.1) is 0 Å². The fourth-order valence-corrected chi connectivity index (χ4v) is 2.48. The Labute approximate surface area is 165 Å². The molecule has 0 radical (unpaired) electrons. The third-order valence-electron chi connectivity index (χ3n) is 4.04. The van der Waals surface area contributed by atoms with E-state index in [4.69, 9.17) is 9.47 Å². The number of nitrogens with one attached hydrogen (secondary N) is 1. The van der Waals surface area contributed by atoms with Crippen molar-refractivity contribution in [2.45, 2.75) is 39.3 Å². The van der Waals surface area contributed by atoms with Crippen molar-refractivity contribution in [1.82, 2.24) is 9.78 Å². The number of aromatic nitrogens is 2. The summed E-state index contributed by atoms with van der Waals surface area (Å²) >= 11 is 0. The lowest BCUT2D eigenvalue weighted by Gasteiger charge is -2.33. The zero-order valence-electron chi connectivity index (χ0n) is 16.4. The molecule has 1 N–H and O–H groups in total. The highest BCUT2D eigenvalue weighted by Crippen LogP contribution is 2.42. The smallest absolute Gasteiger partial charge is 0.430 e. The number of carbonyl (C=O) groups excluding carboxylic acids is 2. The van der Waals surface area contributed by atoms with Gasteiger partial charge in [-0.05, 0) is 20.8 Å². The van der Waals surface area contributed by atoms with Gasteiger partial charge in [0.15, 0.2) is 6.73 Å². The van der Waals surface area contributed by atoms with E-state index in [9.17, 15) is 22.8 Å². The fourth-order valence-electron chi connectivity index (χ4n) is 2.48. The Balaban J connectivity index is 2.21. The SMILES string of the molecule is CO[C@](C(=O)Nc1cnn(COC(=O)C(C)(C)C)c1)(c1ccccc1)C(F)(F)F. The Morgan fingerprint density at radius 3 is 2.28 bits per heavy atom. The number of hydrogen-bond donors (Lipinski definition) is 1. The zero-order valence-corrected chi connectivity index (χ0v) is 16.4. The molecule has 0 saturated heterocycles. The fraction of sp³-hybridized carbons (Fsp3) is 0.421. The Kier molecular flexibility index (Phi) is 6.37. The molecular formula is C19H22F3N3O4. The van der Waals surface area contributed by atoms with Crippen LogP contribution < -0.4 is 5.32 Å². The van der Waals surface area contributed by atoms with Crippen LogP contribution in [0, 0.1) is 5.41 Å². The maximum atomic E-state index is 13.9. The number of alkyl halides is 3. The Morgan fingerprint density at radius 1 is 1.14 bits per heavy atom. The first-order valence-electron chi connectivity index (χ1n) is 8.60. The van der Waals surface area contributed by atoms with Gasteiger partial charge in [0.1, 0.15) is 0 Å². The predicted molar refractivity (Wildman–Crippen MR) is 97.6 cm³/mol. The van der Waals surface area contributed by atoms with Crippen LogP contribution in [0.2, 0.25) is 0 Å². The number of esters is 1. The molecule has 0 unspecified atom stereocenters. The van der Waals surface area contributed by atoms with E-state index in [2.05, 4.69) is 10.4 Å². The topological polar surface area (TPSA) is 82.4 Å². The van der Waals surface area contributed by atoms with Crippen LogP contribution >= 0.6 is 0 Å². The van der Waals surface area contributed by atoms with Crippen LogP contribution in [-0.4, -0.2) is 34.9 Å². The maximum Gasteiger partial charge on any atom is 0.430 e. The van der Waals surface area contributed by atoms with Crippen LogP contribution in [0.4, 0.5) is 18.9 Å². The molecule has 0 saturated carbocycles. The summed E-state index contributed by atoms with van der Waals surface area (Å²) in [5.74, 6) is -1.90. The molecule has 0 bridgehead atoms. The van der Waals surface area contributed by atoms with Crippen molar-refractivity contribution < 1.29 is 32.2 Å². The summed E-state index contributed by atoms with van der Waals surface area (Å²) in [7, 11) is 0.815. The molecule has 158 valence electrons. The first-order valence-corrected chi connectivity index (χ1v) is 8.60. The van der Waals surface area contributed by atoms with Crippen molar-refractivity contribution in [2.75, 3.05) is 12.4 Å². The Morgan fingerprint density at radius 2 is 1.76 bits per heavy atom. The lowest BCUT2D eigenvalue weighted by Crippen LogP contribution is -2.53. The first-order chi connectivity index (χ1) is 13.4. The van der Waals surface area contributed by atoms with Gasteiger partial charge in [-0.2, -0.15) is 18.3 Å². The van der Waals surface area contributed by atoms with E-state index in [1.54, 1.807) is 20.8 Å². The average Bonchev–Trinajstić information content (AvgIpc) is 3.07. The lowest BCUT2D eigenvalue weighted by atomic mass is 9.91. The molecule has 1 heterocycles. The normalized spacial score (nSPS) is 14.2. The van der Waals surface area contributed by atoms with Crippen LogP contribution in [0.15, 0.2) is 42.7 Å². The average molecular weight is 413 g/mol. The number of anilines is 1. The van der Waals surface area contributed by atoms with Gasteiger partial charge < -0.3 is 14.8 Å². The third kappa shape index (κ3) is 4.76. The molecule has 1 aromatic carbocycles. The largest absolute Gasteiger partial charge is 0.442 e. The van der Waals surface area contributed by atoms with Crippen LogP contribution in [0.1, 0.15) is 26.3 Å². The number of amides is 1. The van der Waals surface area contributed by atoms with Gasteiger partial charge in [0, 0.05) is 12.7 Å². The second-order valence-electron chi connectivity index (χ2n) is 7.28. The van der Waals surface area contributed by atoms with E-state index in [1.165, 1.54) is 29.1 Å². The van der Waals surface area contributed by atoms with Crippen LogP contribution in [0.5, 0.6) is 0 Å². The van der Waals surface area contributed by atoms with E-state index in [0.29, 0.717) is 0 Å². The molecule has 7 nitrogen and oxygen atoms in total. The highest BCUT2D eigenvalue weighted by molar-refractivity contribution is 5.98. The van der Waals surface area contributed by atoms with Gasteiger partial charge >= 0.3 is 12.1 Å². The van der Waals surface area contributed by atoms with Crippen molar-refractivity contribution in [3.8, 4) is 0 Å². The van der Waals surface area contributed by atoms with E-state index in [1.807, 2.05) is 0 Å². The number of hydrogen-bond acceptors (Lipinski definition) is 5. The van der Waals surface area contributed by atoms with Gasteiger partial charge in [-0.25, -0.2) is 4.68 Å². The van der Waals surface area contributed by atoms with Gasteiger partial charge in [0.05, 0.1) is 23.5 Å². The molecule has 0 spiro atoms. The van der Waals surface area contributed by atoms with Gasteiger partial charge in [0.25, 0.3) is 11.5 Å². The zero-order chi connectivity index (χ0) is 21.9. The molecule has 10 heteroatoms. The summed E-state index contributed by atoms with van der Waals surface area (Å²) in [5.41, 5.74) is -4.29. The second kappa shape index (κ2) is 8.24. The molecule has 29 heavy (non-hydrogen) atoms. The van der Waals surface area contributed by atoms with Crippen molar-refractivity contribution in [3.63, 3.8) is 0 Å². The van der Waals surface area contributed by atoms with Crippen molar-refractivity contribution >= 4 is 17.6 Å². The van der Waals surface area contributed by atoms with Crippen molar-refractivity contribution in [2.24, 2.45) is 5.41 Å². The second-order valence-corrected chi connectivity index (χ2v) is 7.28. The summed E-state index contributed by atoms with van der Waals surface area (Å²) in [5, 5.41) is 6.04. The van der Waals surface area contributed by atoms with Gasteiger partial charge in [0.2, 0.25) is 0 Å². The van der Waals surface area contributed by atoms with Crippen molar-refractivity contribution in [3.05, 3.63) is 48.3 Å². The quantitative estimate of drug-likeness (QED) is 0.734. The van der Waals surface area contributed by atoms with Gasteiger partial charge in [-0.1, -0.05) is 30.3 Å². The van der Waals surface area contributed by atoms with Crippen LogP contribution in [0.3, 0.4) is 0 Å². The summed E-state index contributed by atoms with van der Waals surface area (Å²) in [6.07, 6.45) is -2.63. The molecule has 0 aliphatic heterocycles. The molecular weight excluding hydrogens is 391 g/mol. The maximum absolute atomic E-state index is 13.9. The van der Waals surface area contributed by atoms with E-state index in [-0.39, 0.29) is 18.0 Å². The molecule has 0 aliphatic carbocycles. The molecule has 1 amide bonds. The third-order valence-corrected chi connectivity index (χ3v) is 4.04. The standard InChI is InChI=1S/C19H22F3N3O4/c1-17(2,3)16(27)29-12-25-11-14(10-23-25)24-15(26)18(28-4,19(20,21)22)13-8-6-5-7-9-13/h5-11H,12H2,1-4H3,(H,24,26)/t18-/m0/s1. The Bertz CT molecular complexity index is 860. The summed E-state index contributed by atoms with van der Waals surface area (Å²) in [4.78, 5) is 24.4. The highest BCUT2D eigenvalue weighted by Gasteiger charge is 2.62. The predicted octanol–water partition coefficient (Wildman–Crippen LogP) is 3.47. The number of rotatable bonds is 6.